The van der Waals surface area contributed by atoms with Crippen molar-refractivity contribution in [3.05, 3.63) is 18.2 Å². The molecule has 11 heteroatoms. The number of aromatic amines is 1. The van der Waals surface area contributed by atoms with Crippen molar-refractivity contribution >= 4 is 23.8 Å². The molecule has 0 fully saturated rings. The van der Waals surface area contributed by atoms with Gasteiger partial charge in [0.25, 0.3) is 0 Å². The molecule has 0 radical (unpaired) electrons. The van der Waals surface area contributed by atoms with E-state index in [0.29, 0.717) is 5.69 Å². The number of nitrogens with one attached hydrogen (secondary N) is 3. The van der Waals surface area contributed by atoms with E-state index in [1.807, 2.05) is 0 Å². The summed E-state index contributed by atoms with van der Waals surface area (Å²) in [6, 6.07) is -2.49. The lowest BCUT2D eigenvalue weighted by atomic mass is 10.1. The van der Waals surface area contributed by atoms with E-state index < -0.39 is 48.8 Å². The third kappa shape index (κ3) is 6.56. The molecule has 1 heterocycles. The van der Waals surface area contributed by atoms with Gasteiger partial charge in [0.2, 0.25) is 11.8 Å². The number of rotatable bonds is 9. The number of carbonyl (C=O) groups excluding carboxylic acids is 2. The fourth-order valence-corrected chi connectivity index (χ4v) is 1.64. The zero-order valence-electron chi connectivity index (χ0n) is 12.0. The van der Waals surface area contributed by atoms with E-state index in [1.165, 1.54) is 12.5 Å². The van der Waals surface area contributed by atoms with Gasteiger partial charge in [-0.2, -0.15) is 0 Å². The van der Waals surface area contributed by atoms with Crippen molar-refractivity contribution in [3.8, 4) is 0 Å². The quantitative estimate of drug-likeness (QED) is 0.285. The second-order valence-corrected chi connectivity index (χ2v) is 4.66. The summed E-state index contributed by atoms with van der Waals surface area (Å²) in [5, 5.41) is 21.9. The average Bonchev–Trinajstić information content (AvgIpc) is 2.96. The molecular formula is C12H17N5O6. The monoisotopic (exact) mass is 327 g/mol. The van der Waals surface area contributed by atoms with E-state index in [4.69, 9.17) is 15.9 Å². The van der Waals surface area contributed by atoms with Crippen LogP contribution in [0.15, 0.2) is 12.5 Å². The van der Waals surface area contributed by atoms with Gasteiger partial charge in [0.15, 0.2) is 0 Å². The Bertz CT molecular complexity index is 573. The van der Waals surface area contributed by atoms with Crippen molar-refractivity contribution in [2.24, 2.45) is 5.73 Å². The summed E-state index contributed by atoms with van der Waals surface area (Å²) in [5.74, 6) is -4.06. The lowest BCUT2D eigenvalue weighted by molar-refractivity contribution is -0.142. The first kappa shape index (κ1) is 18.1. The van der Waals surface area contributed by atoms with Crippen LogP contribution >= 0.6 is 0 Å². The molecule has 0 saturated heterocycles. The fourth-order valence-electron chi connectivity index (χ4n) is 1.64. The Morgan fingerprint density at radius 2 is 2.00 bits per heavy atom. The number of imidazole rings is 1. The van der Waals surface area contributed by atoms with E-state index in [-0.39, 0.29) is 6.42 Å². The third-order valence-electron chi connectivity index (χ3n) is 2.77. The number of aliphatic carboxylic acids is 2. The van der Waals surface area contributed by atoms with Crippen LogP contribution in [0.3, 0.4) is 0 Å². The van der Waals surface area contributed by atoms with Gasteiger partial charge in [-0.15, -0.1) is 0 Å². The maximum atomic E-state index is 11.7. The highest BCUT2D eigenvalue weighted by atomic mass is 16.4. The molecule has 1 aromatic heterocycles. The predicted octanol–water partition coefficient (Wildman–Crippen LogP) is -2.56. The van der Waals surface area contributed by atoms with Gasteiger partial charge < -0.3 is 31.6 Å². The van der Waals surface area contributed by atoms with Crippen LogP contribution in [0.25, 0.3) is 0 Å². The van der Waals surface area contributed by atoms with Crippen molar-refractivity contribution in [2.75, 3.05) is 6.54 Å². The van der Waals surface area contributed by atoms with E-state index in [9.17, 15) is 19.2 Å². The number of aromatic nitrogens is 2. The van der Waals surface area contributed by atoms with Crippen molar-refractivity contribution in [1.29, 1.82) is 0 Å². The molecule has 1 rings (SSSR count). The van der Waals surface area contributed by atoms with E-state index in [0.717, 1.165) is 0 Å². The second kappa shape index (κ2) is 8.48. The molecule has 2 atom stereocenters. The van der Waals surface area contributed by atoms with Gasteiger partial charge in [0, 0.05) is 18.3 Å². The van der Waals surface area contributed by atoms with Crippen molar-refractivity contribution < 1.29 is 29.4 Å². The average molecular weight is 327 g/mol. The molecule has 0 bridgehead atoms. The Morgan fingerprint density at radius 1 is 1.30 bits per heavy atom. The zero-order valence-corrected chi connectivity index (χ0v) is 12.0. The number of carboxylic acids is 2. The summed E-state index contributed by atoms with van der Waals surface area (Å²) < 4.78 is 0. The van der Waals surface area contributed by atoms with Crippen molar-refractivity contribution in [3.63, 3.8) is 0 Å². The first-order valence-corrected chi connectivity index (χ1v) is 6.54. The molecule has 0 aliphatic rings. The molecule has 23 heavy (non-hydrogen) atoms. The number of carboxylic acid groups (broad SMARTS) is 2. The predicted molar refractivity (Wildman–Crippen MR) is 75.1 cm³/mol. The Morgan fingerprint density at radius 3 is 2.52 bits per heavy atom. The molecule has 0 aliphatic carbocycles. The molecule has 0 aliphatic heterocycles. The van der Waals surface area contributed by atoms with Crippen LogP contribution in [0.2, 0.25) is 0 Å². The topological polar surface area (TPSA) is 188 Å². The summed E-state index contributed by atoms with van der Waals surface area (Å²) in [6.07, 6.45) is 2.22. The summed E-state index contributed by atoms with van der Waals surface area (Å²) >= 11 is 0. The van der Waals surface area contributed by atoms with Gasteiger partial charge in [-0.3, -0.25) is 14.4 Å². The minimum absolute atomic E-state index is 0.00640. The molecule has 126 valence electrons. The van der Waals surface area contributed by atoms with Crippen LogP contribution in [-0.2, 0) is 25.6 Å². The lowest BCUT2D eigenvalue weighted by Gasteiger charge is -2.15. The fraction of sp³-hybridized carbons (Fsp3) is 0.417. The number of nitrogens with zero attached hydrogens (tertiary/aromatic N) is 1. The second-order valence-electron chi connectivity index (χ2n) is 4.66. The van der Waals surface area contributed by atoms with Crippen LogP contribution < -0.4 is 16.4 Å². The van der Waals surface area contributed by atoms with Gasteiger partial charge in [-0.25, -0.2) is 9.78 Å². The Labute approximate surface area is 130 Å². The number of hydrogen-bond donors (Lipinski definition) is 6. The first-order valence-electron chi connectivity index (χ1n) is 6.54. The standard InChI is InChI=1S/C12H17N5O6/c13-7(2-10(19)20)11(21)15-4-9(18)17-8(12(22)23)1-6-3-14-5-16-6/h3,5,7-8H,1-2,4,13H2,(H,14,16)(H,15,21)(H,17,18)(H,19,20)(H,22,23). The highest BCUT2D eigenvalue weighted by molar-refractivity contribution is 5.90. The van der Waals surface area contributed by atoms with Crippen LogP contribution in [0, 0.1) is 0 Å². The van der Waals surface area contributed by atoms with E-state index >= 15 is 0 Å². The third-order valence-corrected chi connectivity index (χ3v) is 2.77. The molecule has 11 nitrogen and oxygen atoms in total. The van der Waals surface area contributed by atoms with E-state index in [1.54, 1.807) is 0 Å². The summed E-state index contributed by atoms with van der Waals surface area (Å²) in [6.45, 7) is -0.515. The lowest BCUT2D eigenvalue weighted by Crippen LogP contribution is -2.49. The summed E-state index contributed by atoms with van der Waals surface area (Å²) in [7, 11) is 0. The van der Waals surface area contributed by atoms with Crippen LogP contribution in [-0.4, -0.2) is 62.6 Å². The van der Waals surface area contributed by atoms with Gasteiger partial charge in [-0.05, 0) is 0 Å². The summed E-state index contributed by atoms with van der Waals surface area (Å²) in [5.41, 5.74) is 5.83. The Kier molecular flexibility index (Phi) is 6.68. The number of hydrogen-bond acceptors (Lipinski definition) is 6. The molecule has 1 aromatic rings. The first-order chi connectivity index (χ1) is 10.8. The maximum Gasteiger partial charge on any atom is 0.326 e. The SMILES string of the molecule is NC(CC(=O)O)C(=O)NCC(=O)NC(Cc1cnc[nH]1)C(=O)O. The smallest absolute Gasteiger partial charge is 0.326 e. The van der Waals surface area contributed by atoms with Gasteiger partial charge in [0.1, 0.15) is 6.04 Å². The highest BCUT2D eigenvalue weighted by Crippen LogP contribution is 1.98. The van der Waals surface area contributed by atoms with Crippen LogP contribution in [0.4, 0.5) is 0 Å². The maximum absolute atomic E-state index is 11.7. The molecule has 0 spiro atoms. The number of nitrogens with two attached hydrogens (primary N) is 1. The summed E-state index contributed by atoms with van der Waals surface area (Å²) in [4.78, 5) is 51.1. The molecule has 2 amide bonds. The van der Waals surface area contributed by atoms with Crippen molar-refractivity contribution in [1.82, 2.24) is 20.6 Å². The molecule has 2 unspecified atom stereocenters. The number of amides is 2. The molecule has 7 N–H and O–H groups in total. The molecular weight excluding hydrogens is 310 g/mol. The van der Waals surface area contributed by atoms with Gasteiger partial charge in [0.05, 0.1) is 25.3 Å². The number of H-pyrrole nitrogens is 1. The van der Waals surface area contributed by atoms with Crippen LogP contribution in [0.5, 0.6) is 0 Å². The van der Waals surface area contributed by atoms with Gasteiger partial charge >= 0.3 is 11.9 Å². The molecule has 0 aromatic carbocycles. The Balaban J connectivity index is 2.45. The van der Waals surface area contributed by atoms with Gasteiger partial charge in [-0.1, -0.05) is 0 Å². The van der Waals surface area contributed by atoms with Crippen LogP contribution in [0.1, 0.15) is 12.1 Å². The van der Waals surface area contributed by atoms with E-state index in [2.05, 4.69) is 20.6 Å². The number of carbonyl (C=O) groups is 4. The molecule has 0 saturated carbocycles. The largest absolute Gasteiger partial charge is 0.481 e. The minimum Gasteiger partial charge on any atom is -0.481 e. The minimum atomic E-state index is -1.29. The normalized spacial score (nSPS) is 12.9. The van der Waals surface area contributed by atoms with Crippen molar-refractivity contribution in [2.45, 2.75) is 24.9 Å². The Hall–Kier alpha value is -2.95. The zero-order chi connectivity index (χ0) is 17.4. The highest BCUT2D eigenvalue weighted by Gasteiger charge is 2.22.